The smallest absolute Gasteiger partial charge is 0.274 e. The number of imidazole rings is 1. The van der Waals surface area contributed by atoms with Gasteiger partial charge in [-0.05, 0) is 11.6 Å². The predicted molar refractivity (Wildman–Crippen MR) is 61.7 cm³/mol. The van der Waals surface area contributed by atoms with Crippen molar-refractivity contribution >= 4 is 17.2 Å². The van der Waals surface area contributed by atoms with Crippen molar-refractivity contribution in [2.75, 3.05) is 0 Å². The van der Waals surface area contributed by atoms with E-state index in [1.807, 2.05) is 20.8 Å². The molecule has 17 heavy (non-hydrogen) atoms. The standard InChI is InChI=1S/C11H12ClF2N3/c1-11(2,3)7-5-17-8(16-7)4-6(9(13)14)15-10(17)12/h4-5,9H,1-3H3. The van der Waals surface area contributed by atoms with Gasteiger partial charge in [0.1, 0.15) is 11.3 Å². The van der Waals surface area contributed by atoms with E-state index in [9.17, 15) is 8.78 Å². The quantitative estimate of drug-likeness (QED) is 0.732. The molecule has 0 aliphatic rings. The number of halogens is 3. The van der Waals surface area contributed by atoms with Crippen molar-refractivity contribution in [1.82, 2.24) is 14.4 Å². The molecule has 6 heteroatoms. The van der Waals surface area contributed by atoms with Crippen LogP contribution in [0.1, 0.15) is 38.6 Å². The SMILES string of the molecule is CC(C)(C)c1cn2c(Cl)nc(C(F)F)cc2n1. The highest BCUT2D eigenvalue weighted by molar-refractivity contribution is 6.28. The first kappa shape index (κ1) is 12.2. The average molecular weight is 260 g/mol. The zero-order valence-electron chi connectivity index (χ0n) is 9.71. The highest BCUT2D eigenvalue weighted by Gasteiger charge is 2.20. The van der Waals surface area contributed by atoms with Crippen LogP contribution >= 0.6 is 11.6 Å². The topological polar surface area (TPSA) is 30.2 Å². The second-order valence-electron chi connectivity index (χ2n) is 4.86. The summed E-state index contributed by atoms with van der Waals surface area (Å²) in [6.45, 7) is 5.97. The minimum atomic E-state index is -2.65. The second-order valence-corrected chi connectivity index (χ2v) is 5.19. The maximum Gasteiger partial charge on any atom is 0.280 e. The van der Waals surface area contributed by atoms with Gasteiger partial charge in [-0.1, -0.05) is 20.8 Å². The van der Waals surface area contributed by atoms with Crippen LogP contribution in [0.5, 0.6) is 0 Å². The Kier molecular flexibility index (Phi) is 2.81. The Bertz CT molecular complexity index is 558. The molecule has 3 nitrogen and oxygen atoms in total. The Hall–Kier alpha value is -1.23. The van der Waals surface area contributed by atoms with E-state index >= 15 is 0 Å². The summed E-state index contributed by atoms with van der Waals surface area (Å²) in [7, 11) is 0. The van der Waals surface area contributed by atoms with Gasteiger partial charge in [-0.3, -0.25) is 4.40 Å². The molecule has 0 aliphatic heterocycles. The summed E-state index contributed by atoms with van der Waals surface area (Å²) in [6.07, 6.45) is -0.924. The number of nitrogens with zero attached hydrogens (tertiary/aromatic N) is 3. The molecule has 2 aromatic heterocycles. The van der Waals surface area contributed by atoms with Crippen LogP contribution in [0.15, 0.2) is 12.3 Å². The fraction of sp³-hybridized carbons (Fsp3) is 0.455. The number of alkyl halides is 2. The van der Waals surface area contributed by atoms with Gasteiger partial charge in [0.05, 0.1) is 5.69 Å². The van der Waals surface area contributed by atoms with Gasteiger partial charge >= 0.3 is 0 Å². The normalized spacial score (nSPS) is 12.6. The summed E-state index contributed by atoms with van der Waals surface area (Å²) in [4.78, 5) is 7.93. The Morgan fingerprint density at radius 1 is 1.29 bits per heavy atom. The molecule has 0 saturated carbocycles. The van der Waals surface area contributed by atoms with Crippen molar-refractivity contribution in [3.05, 3.63) is 28.9 Å². The molecule has 0 N–H and O–H groups in total. The third kappa shape index (κ3) is 2.24. The van der Waals surface area contributed by atoms with Crippen LogP contribution in [0.4, 0.5) is 8.78 Å². The van der Waals surface area contributed by atoms with E-state index in [1.54, 1.807) is 6.20 Å². The molecule has 0 aromatic carbocycles. The maximum absolute atomic E-state index is 12.6. The van der Waals surface area contributed by atoms with Gasteiger partial charge in [-0.25, -0.2) is 18.7 Å². The van der Waals surface area contributed by atoms with Crippen LogP contribution in [0.25, 0.3) is 5.65 Å². The van der Waals surface area contributed by atoms with Crippen molar-refractivity contribution in [2.24, 2.45) is 0 Å². The summed E-state index contributed by atoms with van der Waals surface area (Å²) in [5.41, 5.74) is 0.659. The average Bonchev–Trinajstić information content (AvgIpc) is 2.60. The summed E-state index contributed by atoms with van der Waals surface area (Å²) < 4.78 is 26.6. The summed E-state index contributed by atoms with van der Waals surface area (Å²) in [5, 5.41) is 0.000741. The number of aromatic nitrogens is 3. The molecule has 0 spiro atoms. The third-order valence-corrected chi connectivity index (χ3v) is 2.69. The highest BCUT2D eigenvalue weighted by Crippen LogP contribution is 2.25. The first-order chi connectivity index (χ1) is 7.79. The van der Waals surface area contributed by atoms with E-state index in [4.69, 9.17) is 11.6 Å². The minimum absolute atomic E-state index is 0.000741. The molecule has 0 saturated heterocycles. The molecular formula is C11H12ClF2N3. The van der Waals surface area contributed by atoms with Crippen LogP contribution < -0.4 is 0 Å². The number of hydrogen-bond acceptors (Lipinski definition) is 2. The van der Waals surface area contributed by atoms with Crippen LogP contribution in [-0.4, -0.2) is 14.4 Å². The lowest BCUT2D eigenvalue weighted by Gasteiger charge is -2.13. The Morgan fingerprint density at radius 2 is 1.94 bits per heavy atom. The van der Waals surface area contributed by atoms with E-state index in [0.717, 1.165) is 5.69 Å². The summed E-state index contributed by atoms with van der Waals surface area (Å²) in [6, 6.07) is 1.26. The van der Waals surface area contributed by atoms with E-state index in [0.29, 0.717) is 5.65 Å². The predicted octanol–water partition coefficient (Wildman–Crippen LogP) is 3.62. The molecule has 0 amide bonds. The van der Waals surface area contributed by atoms with Gasteiger partial charge in [0.15, 0.2) is 0 Å². The lowest BCUT2D eigenvalue weighted by molar-refractivity contribution is 0.146. The Balaban J connectivity index is 2.65. The molecule has 0 unspecified atom stereocenters. The van der Waals surface area contributed by atoms with E-state index in [1.165, 1.54) is 10.5 Å². The summed E-state index contributed by atoms with van der Waals surface area (Å²) >= 11 is 5.85. The van der Waals surface area contributed by atoms with Gasteiger partial charge in [0.25, 0.3) is 6.43 Å². The molecule has 0 bridgehead atoms. The van der Waals surface area contributed by atoms with Crippen molar-refractivity contribution < 1.29 is 8.78 Å². The first-order valence-corrected chi connectivity index (χ1v) is 5.51. The Labute approximate surface area is 102 Å². The van der Waals surface area contributed by atoms with Gasteiger partial charge in [-0.2, -0.15) is 0 Å². The van der Waals surface area contributed by atoms with Crippen LogP contribution in [0.2, 0.25) is 5.28 Å². The van der Waals surface area contributed by atoms with E-state index < -0.39 is 6.43 Å². The van der Waals surface area contributed by atoms with Crippen molar-refractivity contribution in [3.63, 3.8) is 0 Å². The van der Waals surface area contributed by atoms with Gasteiger partial charge < -0.3 is 0 Å². The van der Waals surface area contributed by atoms with Crippen molar-refractivity contribution in [1.29, 1.82) is 0 Å². The zero-order chi connectivity index (χ0) is 12.8. The number of rotatable bonds is 1. The molecule has 0 atom stereocenters. The number of hydrogen-bond donors (Lipinski definition) is 0. The minimum Gasteiger partial charge on any atom is -0.274 e. The molecule has 2 aromatic rings. The number of fused-ring (bicyclic) bond motifs is 1. The highest BCUT2D eigenvalue weighted by atomic mass is 35.5. The van der Waals surface area contributed by atoms with Crippen LogP contribution in [0, 0.1) is 0 Å². The molecule has 2 heterocycles. The largest absolute Gasteiger partial charge is 0.280 e. The lowest BCUT2D eigenvalue weighted by Crippen LogP contribution is -2.11. The molecular weight excluding hydrogens is 248 g/mol. The molecule has 0 aliphatic carbocycles. The zero-order valence-corrected chi connectivity index (χ0v) is 10.5. The van der Waals surface area contributed by atoms with E-state index in [-0.39, 0.29) is 16.4 Å². The van der Waals surface area contributed by atoms with Gasteiger partial charge in [-0.15, -0.1) is 0 Å². The third-order valence-electron chi connectivity index (χ3n) is 2.42. The monoisotopic (exact) mass is 259 g/mol. The first-order valence-electron chi connectivity index (χ1n) is 5.13. The maximum atomic E-state index is 12.6. The molecule has 0 fully saturated rings. The Morgan fingerprint density at radius 3 is 2.47 bits per heavy atom. The van der Waals surface area contributed by atoms with Crippen LogP contribution in [0.3, 0.4) is 0 Å². The van der Waals surface area contributed by atoms with Crippen molar-refractivity contribution in [2.45, 2.75) is 32.6 Å². The lowest BCUT2D eigenvalue weighted by atomic mass is 9.93. The van der Waals surface area contributed by atoms with E-state index in [2.05, 4.69) is 9.97 Å². The van der Waals surface area contributed by atoms with Crippen LogP contribution in [-0.2, 0) is 5.41 Å². The fourth-order valence-corrected chi connectivity index (χ4v) is 1.68. The molecule has 2 rings (SSSR count). The molecule has 92 valence electrons. The van der Waals surface area contributed by atoms with Gasteiger partial charge in [0, 0.05) is 17.7 Å². The molecule has 0 radical (unpaired) electrons. The van der Waals surface area contributed by atoms with Gasteiger partial charge in [0.2, 0.25) is 5.28 Å². The van der Waals surface area contributed by atoms with Crippen molar-refractivity contribution in [3.8, 4) is 0 Å². The summed E-state index contributed by atoms with van der Waals surface area (Å²) in [5.74, 6) is 0. The fourth-order valence-electron chi connectivity index (χ4n) is 1.44. The second kappa shape index (κ2) is 3.91.